The number of pyridine rings is 1. The van der Waals surface area contributed by atoms with Gasteiger partial charge in [-0.05, 0) is 30.7 Å². The number of aromatic nitrogens is 3. The van der Waals surface area contributed by atoms with Crippen LogP contribution in [-0.4, -0.2) is 22.1 Å². The molecule has 0 fully saturated rings. The molecule has 2 N–H and O–H groups in total. The maximum absolute atomic E-state index is 5.34. The van der Waals surface area contributed by atoms with E-state index in [-0.39, 0.29) is 0 Å². The lowest BCUT2D eigenvalue weighted by atomic mass is 10.3. The van der Waals surface area contributed by atoms with Crippen LogP contribution in [0.3, 0.4) is 0 Å². The highest BCUT2D eigenvalue weighted by Crippen LogP contribution is 2.26. The van der Waals surface area contributed by atoms with E-state index in [0.29, 0.717) is 12.5 Å². The first kappa shape index (κ1) is 15.7. The Morgan fingerprint density at radius 1 is 1.08 bits per heavy atom. The van der Waals surface area contributed by atoms with E-state index >= 15 is 0 Å². The minimum atomic E-state index is 0.521. The first-order valence-electron chi connectivity index (χ1n) is 7.63. The van der Waals surface area contributed by atoms with Gasteiger partial charge in [0.15, 0.2) is 0 Å². The number of para-hydroxylation sites is 2. The summed E-state index contributed by atoms with van der Waals surface area (Å²) in [6, 6.07) is 13.5. The number of aryl methyl sites for hydroxylation is 1. The third-order valence-electron chi connectivity index (χ3n) is 3.40. The van der Waals surface area contributed by atoms with Gasteiger partial charge in [0, 0.05) is 30.7 Å². The quantitative estimate of drug-likeness (QED) is 0.723. The lowest BCUT2D eigenvalue weighted by Crippen LogP contribution is -2.06. The van der Waals surface area contributed by atoms with Crippen molar-refractivity contribution in [1.29, 1.82) is 0 Å². The van der Waals surface area contributed by atoms with E-state index in [1.807, 2.05) is 55.6 Å². The number of rotatable bonds is 6. The van der Waals surface area contributed by atoms with Crippen molar-refractivity contribution in [1.82, 2.24) is 15.0 Å². The van der Waals surface area contributed by atoms with Crippen molar-refractivity contribution in [3.8, 4) is 5.75 Å². The lowest BCUT2D eigenvalue weighted by Gasteiger charge is -2.12. The first-order valence-corrected chi connectivity index (χ1v) is 7.63. The molecule has 3 aromatic rings. The van der Waals surface area contributed by atoms with Crippen LogP contribution in [0.1, 0.15) is 11.3 Å². The van der Waals surface area contributed by atoms with Crippen molar-refractivity contribution in [2.24, 2.45) is 0 Å². The second-order valence-corrected chi connectivity index (χ2v) is 5.26. The maximum Gasteiger partial charge on any atom is 0.229 e. The van der Waals surface area contributed by atoms with E-state index in [0.717, 1.165) is 28.5 Å². The number of methoxy groups -OCH3 is 1. The van der Waals surface area contributed by atoms with Gasteiger partial charge in [0.25, 0.3) is 0 Å². The zero-order valence-electron chi connectivity index (χ0n) is 13.7. The van der Waals surface area contributed by atoms with Crippen LogP contribution in [0.4, 0.5) is 17.5 Å². The number of hydrogen-bond donors (Lipinski definition) is 2. The Balaban J connectivity index is 1.76. The molecule has 0 bridgehead atoms. The molecule has 2 heterocycles. The standard InChI is InChI=1S/C18H19N5O/c1-13-10-17(20-12-14-6-5-9-19-11-14)23-18(21-13)22-15-7-3-4-8-16(15)24-2/h3-11H,12H2,1-2H3,(H2,20,21,22,23). The summed E-state index contributed by atoms with van der Waals surface area (Å²) in [6.45, 7) is 2.59. The molecule has 3 rings (SSSR count). The van der Waals surface area contributed by atoms with Crippen molar-refractivity contribution in [2.45, 2.75) is 13.5 Å². The first-order chi connectivity index (χ1) is 11.7. The Hall–Kier alpha value is -3.15. The van der Waals surface area contributed by atoms with Gasteiger partial charge in [-0.3, -0.25) is 4.98 Å². The van der Waals surface area contributed by atoms with Crippen LogP contribution in [0.25, 0.3) is 0 Å². The molecule has 122 valence electrons. The molecular formula is C18H19N5O. The van der Waals surface area contributed by atoms with Gasteiger partial charge >= 0.3 is 0 Å². The fourth-order valence-electron chi connectivity index (χ4n) is 2.28. The number of benzene rings is 1. The summed E-state index contributed by atoms with van der Waals surface area (Å²) in [5.74, 6) is 2.02. The molecule has 0 radical (unpaired) electrons. The van der Waals surface area contributed by atoms with Crippen LogP contribution in [0, 0.1) is 6.92 Å². The summed E-state index contributed by atoms with van der Waals surface area (Å²) in [4.78, 5) is 13.0. The second kappa shape index (κ2) is 7.41. The Morgan fingerprint density at radius 2 is 1.96 bits per heavy atom. The highest BCUT2D eigenvalue weighted by molar-refractivity contribution is 5.63. The number of ether oxygens (including phenoxy) is 1. The lowest BCUT2D eigenvalue weighted by molar-refractivity contribution is 0.417. The molecule has 24 heavy (non-hydrogen) atoms. The van der Waals surface area contributed by atoms with E-state index in [4.69, 9.17) is 4.74 Å². The molecule has 1 aromatic carbocycles. The van der Waals surface area contributed by atoms with Gasteiger partial charge in [0.1, 0.15) is 11.6 Å². The van der Waals surface area contributed by atoms with E-state index in [1.165, 1.54) is 0 Å². The molecule has 0 aliphatic carbocycles. The molecular weight excluding hydrogens is 302 g/mol. The summed E-state index contributed by atoms with van der Waals surface area (Å²) in [5, 5.41) is 6.50. The van der Waals surface area contributed by atoms with Crippen LogP contribution in [0.15, 0.2) is 54.9 Å². The van der Waals surface area contributed by atoms with Gasteiger partial charge < -0.3 is 15.4 Å². The normalized spacial score (nSPS) is 10.2. The molecule has 0 unspecified atom stereocenters. The summed E-state index contributed by atoms with van der Waals surface area (Å²) >= 11 is 0. The molecule has 0 saturated carbocycles. The molecule has 0 spiro atoms. The Kier molecular flexibility index (Phi) is 4.86. The van der Waals surface area contributed by atoms with Crippen molar-refractivity contribution in [2.75, 3.05) is 17.7 Å². The second-order valence-electron chi connectivity index (χ2n) is 5.26. The predicted molar refractivity (Wildman–Crippen MR) is 94.6 cm³/mol. The van der Waals surface area contributed by atoms with E-state index in [1.54, 1.807) is 13.3 Å². The third kappa shape index (κ3) is 3.98. The summed E-state index contributed by atoms with van der Waals surface area (Å²) in [5.41, 5.74) is 2.79. The Labute approximate surface area is 141 Å². The van der Waals surface area contributed by atoms with Gasteiger partial charge in [0.05, 0.1) is 12.8 Å². The number of anilines is 3. The molecule has 6 nitrogen and oxygen atoms in total. The van der Waals surface area contributed by atoms with E-state index < -0.39 is 0 Å². The zero-order chi connectivity index (χ0) is 16.8. The third-order valence-corrected chi connectivity index (χ3v) is 3.40. The van der Waals surface area contributed by atoms with Gasteiger partial charge in [-0.2, -0.15) is 4.98 Å². The van der Waals surface area contributed by atoms with Crippen molar-refractivity contribution >= 4 is 17.5 Å². The predicted octanol–water partition coefficient (Wildman–Crippen LogP) is 3.54. The monoisotopic (exact) mass is 321 g/mol. The van der Waals surface area contributed by atoms with Crippen LogP contribution < -0.4 is 15.4 Å². The molecule has 0 aliphatic heterocycles. The van der Waals surface area contributed by atoms with Gasteiger partial charge in [-0.1, -0.05) is 18.2 Å². The van der Waals surface area contributed by atoms with E-state index in [2.05, 4.69) is 25.6 Å². The Bertz CT molecular complexity index is 808. The summed E-state index contributed by atoms with van der Waals surface area (Å²) in [7, 11) is 1.64. The van der Waals surface area contributed by atoms with Gasteiger partial charge in [-0.25, -0.2) is 4.98 Å². The smallest absolute Gasteiger partial charge is 0.229 e. The van der Waals surface area contributed by atoms with Gasteiger partial charge in [-0.15, -0.1) is 0 Å². The highest BCUT2D eigenvalue weighted by atomic mass is 16.5. The minimum absolute atomic E-state index is 0.521. The highest BCUT2D eigenvalue weighted by Gasteiger charge is 2.06. The molecule has 0 aliphatic rings. The zero-order valence-corrected chi connectivity index (χ0v) is 13.7. The Morgan fingerprint density at radius 3 is 2.75 bits per heavy atom. The van der Waals surface area contributed by atoms with E-state index in [9.17, 15) is 0 Å². The number of hydrogen-bond acceptors (Lipinski definition) is 6. The maximum atomic E-state index is 5.34. The fraction of sp³-hybridized carbons (Fsp3) is 0.167. The molecule has 2 aromatic heterocycles. The topological polar surface area (TPSA) is 72.0 Å². The van der Waals surface area contributed by atoms with Crippen LogP contribution in [-0.2, 0) is 6.54 Å². The largest absolute Gasteiger partial charge is 0.495 e. The number of nitrogens with zero attached hydrogens (tertiary/aromatic N) is 3. The van der Waals surface area contributed by atoms with Gasteiger partial charge in [0.2, 0.25) is 5.95 Å². The average molecular weight is 321 g/mol. The average Bonchev–Trinajstić information content (AvgIpc) is 2.61. The van der Waals surface area contributed by atoms with Crippen molar-refractivity contribution < 1.29 is 4.74 Å². The molecule has 0 amide bonds. The fourth-order valence-corrected chi connectivity index (χ4v) is 2.28. The van der Waals surface area contributed by atoms with Crippen molar-refractivity contribution in [3.63, 3.8) is 0 Å². The van der Waals surface area contributed by atoms with Crippen LogP contribution in [0.5, 0.6) is 5.75 Å². The van der Waals surface area contributed by atoms with Crippen LogP contribution in [0.2, 0.25) is 0 Å². The minimum Gasteiger partial charge on any atom is -0.495 e. The summed E-state index contributed by atoms with van der Waals surface area (Å²) < 4.78 is 5.34. The SMILES string of the molecule is COc1ccccc1Nc1nc(C)cc(NCc2cccnc2)n1. The number of nitrogens with one attached hydrogen (secondary N) is 2. The summed E-state index contributed by atoms with van der Waals surface area (Å²) in [6.07, 6.45) is 3.59. The molecule has 6 heteroatoms. The van der Waals surface area contributed by atoms with Crippen molar-refractivity contribution in [3.05, 3.63) is 66.1 Å². The van der Waals surface area contributed by atoms with Crippen LogP contribution >= 0.6 is 0 Å². The molecule has 0 atom stereocenters. The molecule has 0 saturated heterocycles.